The van der Waals surface area contributed by atoms with Gasteiger partial charge in [-0.15, -0.1) is 5.11 Å². The Morgan fingerprint density at radius 2 is 1.38 bits per heavy atom. The van der Waals surface area contributed by atoms with Gasteiger partial charge in [-0.05, 0) is 54.1 Å². The van der Waals surface area contributed by atoms with E-state index in [9.17, 15) is 0 Å². The van der Waals surface area contributed by atoms with Crippen LogP contribution in [-0.2, 0) is 0 Å². The molecule has 0 unspecified atom stereocenters. The van der Waals surface area contributed by atoms with Crippen LogP contribution in [0.2, 0.25) is 0 Å². The van der Waals surface area contributed by atoms with Gasteiger partial charge in [0, 0.05) is 6.21 Å². The summed E-state index contributed by atoms with van der Waals surface area (Å²) in [6.07, 6.45) is 1.80. The lowest BCUT2D eigenvalue weighted by molar-refractivity contribution is 0.415. The van der Waals surface area contributed by atoms with Gasteiger partial charge in [0.15, 0.2) is 0 Å². The van der Waals surface area contributed by atoms with Crippen molar-refractivity contribution >= 4 is 23.3 Å². The van der Waals surface area contributed by atoms with Crippen molar-refractivity contribution in [3.05, 3.63) is 84.4 Å². The molecule has 0 amide bonds. The van der Waals surface area contributed by atoms with Gasteiger partial charge in [-0.1, -0.05) is 30.3 Å². The molecular formula is C20H17N3O. The molecule has 0 atom stereocenters. The van der Waals surface area contributed by atoms with Gasteiger partial charge in [0.1, 0.15) is 11.4 Å². The van der Waals surface area contributed by atoms with Gasteiger partial charge in [-0.3, -0.25) is 4.99 Å². The summed E-state index contributed by atoms with van der Waals surface area (Å²) in [6.45, 7) is 0. The van der Waals surface area contributed by atoms with E-state index in [1.54, 1.807) is 13.3 Å². The second kappa shape index (κ2) is 7.83. The van der Waals surface area contributed by atoms with Crippen LogP contribution in [0, 0.1) is 0 Å². The molecule has 0 radical (unpaired) electrons. The van der Waals surface area contributed by atoms with Crippen molar-refractivity contribution in [1.29, 1.82) is 0 Å². The van der Waals surface area contributed by atoms with E-state index in [4.69, 9.17) is 4.74 Å². The maximum Gasteiger partial charge on any atom is 0.118 e. The van der Waals surface area contributed by atoms with Crippen LogP contribution in [0.1, 0.15) is 5.56 Å². The quantitative estimate of drug-likeness (QED) is 0.429. The maximum absolute atomic E-state index is 5.15. The highest BCUT2D eigenvalue weighted by molar-refractivity contribution is 5.83. The zero-order chi connectivity index (χ0) is 16.6. The molecule has 3 aromatic rings. The van der Waals surface area contributed by atoms with Crippen LogP contribution in [0.3, 0.4) is 0 Å². The normalized spacial score (nSPS) is 11.2. The van der Waals surface area contributed by atoms with E-state index in [2.05, 4.69) is 15.2 Å². The highest BCUT2D eigenvalue weighted by Gasteiger charge is 1.98. The largest absolute Gasteiger partial charge is 0.497 e. The fourth-order valence-corrected chi connectivity index (χ4v) is 2.10. The van der Waals surface area contributed by atoms with E-state index in [0.717, 1.165) is 28.4 Å². The average molecular weight is 315 g/mol. The molecule has 118 valence electrons. The molecule has 0 N–H and O–H groups in total. The Morgan fingerprint density at radius 1 is 0.708 bits per heavy atom. The summed E-state index contributed by atoms with van der Waals surface area (Å²) >= 11 is 0. The lowest BCUT2D eigenvalue weighted by atomic mass is 10.2. The molecule has 0 spiro atoms. The van der Waals surface area contributed by atoms with Crippen molar-refractivity contribution in [3.63, 3.8) is 0 Å². The molecule has 0 aliphatic heterocycles. The summed E-state index contributed by atoms with van der Waals surface area (Å²) < 4.78 is 5.15. The molecule has 0 aromatic heterocycles. The first-order chi connectivity index (χ1) is 11.8. The number of hydrogen-bond donors (Lipinski definition) is 0. The highest BCUT2D eigenvalue weighted by Crippen LogP contribution is 2.29. The molecule has 0 aliphatic rings. The maximum atomic E-state index is 5.15. The van der Waals surface area contributed by atoms with Crippen LogP contribution in [0.5, 0.6) is 5.75 Å². The summed E-state index contributed by atoms with van der Waals surface area (Å²) in [5, 5.41) is 8.56. The van der Waals surface area contributed by atoms with Crippen molar-refractivity contribution < 1.29 is 4.74 Å². The molecule has 3 rings (SSSR count). The predicted molar refractivity (Wildman–Crippen MR) is 97.3 cm³/mol. The van der Waals surface area contributed by atoms with Gasteiger partial charge in [0.25, 0.3) is 0 Å². The van der Waals surface area contributed by atoms with Crippen LogP contribution in [0.25, 0.3) is 0 Å². The molecule has 0 aliphatic carbocycles. The molecule has 4 nitrogen and oxygen atoms in total. The third-order valence-electron chi connectivity index (χ3n) is 3.38. The van der Waals surface area contributed by atoms with Crippen molar-refractivity contribution in [1.82, 2.24) is 0 Å². The summed E-state index contributed by atoms with van der Waals surface area (Å²) in [5.41, 5.74) is 3.30. The Morgan fingerprint density at radius 3 is 2.08 bits per heavy atom. The fraction of sp³-hybridized carbons (Fsp3) is 0.0500. The Labute approximate surface area is 141 Å². The first-order valence-electron chi connectivity index (χ1n) is 7.59. The van der Waals surface area contributed by atoms with Gasteiger partial charge >= 0.3 is 0 Å². The van der Waals surface area contributed by atoms with E-state index in [0.29, 0.717) is 0 Å². The van der Waals surface area contributed by atoms with Crippen LogP contribution in [-0.4, -0.2) is 13.3 Å². The van der Waals surface area contributed by atoms with Crippen molar-refractivity contribution in [2.45, 2.75) is 0 Å². The lowest BCUT2D eigenvalue weighted by Gasteiger charge is -2.00. The van der Waals surface area contributed by atoms with Crippen molar-refractivity contribution in [3.8, 4) is 5.75 Å². The second-order valence-corrected chi connectivity index (χ2v) is 5.06. The van der Waals surface area contributed by atoms with E-state index in [1.165, 1.54) is 0 Å². The van der Waals surface area contributed by atoms with Crippen LogP contribution in [0.15, 0.2) is 94.1 Å². The summed E-state index contributed by atoms with van der Waals surface area (Å²) in [7, 11) is 1.65. The molecule has 0 bridgehead atoms. The molecule has 0 fully saturated rings. The minimum Gasteiger partial charge on any atom is -0.497 e. The van der Waals surface area contributed by atoms with Gasteiger partial charge in [0.2, 0.25) is 0 Å². The highest BCUT2D eigenvalue weighted by atomic mass is 16.5. The summed E-state index contributed by atoms with van der Waals surface area (Å²) in [4.78, 5) is 4.52. The van der Waals surface area contributed by atoms with Gasteiger partial charge < -0.3 is 4.74 Å². The van der Waals surface area contributed by atoms with Gasteiger partial charge in [0.05, 0.1) is 18.5 Å². The monoisotopic (exact) mass is 315 g/mol. The van der Waals surface area contributed by atoms with E-state index < -0.39 is 0 Å². The van der Waals surface area contributed by atoms with Crippen molar-refractivity contribution in [2.24, 2.45) is 15.2 Å². The average Bonchev–Trinajstić information content (AvgIpc) is 2.66. The topological polar surface area (TPSA) is 46.3 Å². The lowest BCUT2D eigenvalue weighted by Crippen LogP contribution is -1.84. The molecule has 3 aromatic carbocycles. The number of benzene rings is 3. The minimum absolute atomic E-state index is 0.728. The third-order valence-corrected chi connectivity index (χ3v) is 3.38. The van der Waals surface area contributed by atoms with Crippen LogP contribution in [0.4, 0.5) is 17.1 Å². The Balaban J connectivity index is 1.80. The summed E-state index contributed by atoms with van der Waals surface area (Å²) in [6, 6.07) is 25.0. The smallest absolute Gasteiger partial charge is 0.118 e. The van der Waals surface area contributed by atoms with Gasteiger partial charge in [-0.25, -0.2) is 0 Å². The first-order valence-corrected chi connectivity index (χ1v) is 7.59. The third kappa shape index (κ3) is 4.14. The zero-order valence-corrected chi connectivity index (χ0v) is 13.3. The first kappa shape index (κ1) is 15.6. The molecular weight excluding hydrogens is 298 g/mol. The number of hydrogen-bond acceptors (Lipinski definition) is 4. The number of methoxy groups -OCH3 is 1. The molecule has 4 heteroatoms. The van der Waals surface area contributed by atoms with E-state index in [-0.39, 0.29) is 0 Å². The van der Waals surface area contributed by atoms with Crippen LogP contribution >= 0.6 is 0 Å². The Hall–Kier alpha value is -3.27. The van der Waals surface area contributed by atoms with Crippen molar-refractivity contribution in [2.75, 3.05) is 7.11 Å². The number of rotatable bonds is 5. The number of nitrogens with zero attached hydrogens (tertiary/aromatic N) is 3. The Bertz CT molecular complexity index is 840. The van der Waals surface area contributed by atoms with E-state index in [1.807, 2.05) is 78.9 Å². The minimum atomic E-state index is 0.728. The predicted octanol–water partition coefficient (Wildman–Crippen LogP) is 5.86. The standard InChI is InChI=1S/C20H17N3O/c1-24-18-13-11-16(12-14-18)15-21-19-9-5-6-10-20(19)23-22-17-7-3-2-4-8-17/h2-15H,1H3. The van der Waals surface area contributed by atoms with Crippen LogP contribution < -0.4 is 4.74 Å². The number of ether oxygens (including phenoxy) is 1. The number of aliphatic imine (C=N–C) groups is 1. The summed E-state index contributed by atoms with van der Waals surface area (Å²) in [5.74, 6) is 0.823. The fourth-order valence-electron chi connectivity index (χ4n) is 2.10. The molecule has 24 heavy (non-hydrogen) atoms. The second-order valence-electron chi connectivity index (χ2n) is 5.06. The molecule has 0 saturated carbocycles. The molecule has 0 heterocycles. The Kier molecular flexibility index (Phi) is 5.10. The zero-order valence-electron chi connectivity index (χ0n) is 13.3. The molecule has 0 saturated heterocycles. The van der Waals surface area contributed by atoms with E-state index >= 15 is 0 Å². The number of azo groups is 1. The van der Waals surface area contributed by atoms with Gasteiger partial charge in [-0.2, -0.15) is 5.11 Å². The number of para-hydroxylation sites is 1. The SMILES string of the molecule is COc1ccc(C=Nc2ccccc2N=Nc2ccccc2)cc1.